The standard InChI is InChI=1S/C10H12N4/c1-2-8-3-5-9(6-4-8)14-7-10(11)12-13-14/h3-7H,2,11H2,1H3. The molecule has 1 heterocycles. The molecular formula is C10H12N4. The molecule has 2 aromatic rings. The molecule has 4 nitrogen and oxygen atoms in total. The van der Waals surface area contributed by atoms with Crippen LogP contribution in [-0.4, -0.2) is 15.0 Å². The first-order valence-corrected chi connectivity index (χ1v) is 4.56. The number of anilines is 1. The van der Waals surface area contributed by atoms with Gasteiger partial charge in [-0.2, -0.15) is 0 Å². The van der Waals surface area contributed by atoms with E-state index in [1.807, 2.05) is 12.1 Å². The Morgan fingerprint density at radius 1 is 1.29 bits per heavy atom. The zero-order valence-corrected chi connectivity index (χ0v) is 8.01. The SMILES string of the molecule is CCc1ccc(-n2cc(N)nn2)cc1. The van der Waals surface area contributed by atoms with E-state index in [9.17, 15) is 0 Å². The molecule has 1 aromatic carbocycles. The third-order valence-electron chi connectivity index (χ3n) is 2.12. The maximum Gasteiger partial charge on any atom is 0.166 e. The highest BCUT2D eigenvalue weighted by atomic mass is 15.4. The third-order valence-corrected chi connectivity index (χ3v) is 2.12. The predicted molar refractivity (Wildman–Crippen MR) is 55.1 cm³/mol. The molecule has 2 N–H and O–H groups in total. The zero-order chi connectivity index (χ0) is 9.97. The van der Waals surface area contributed by atoms with Gasteiger partial charge in [-0.3, -0.25) is 0 Å². The summed E-state index contributed by atoms with van der Waals surface area (Å²) in [6, 6.07) is 8.17. The summed E-state index contributed by atoms with van der Waals surface area (Å²) in [7, 11) is 0. The Balaban J connectivity index is 2.33. The Labute approximate surface area is 82.4 Å². The minimum Gasteiger partial charge on any atom is -0.381 e. The van der Waals surface area contributed by atoms with E-state index < -0.39 is 0 Å². The van der Waals surface area contributed by atoms with Gasteiger partial charge in [0.2, 0.25) is 0 Å². The second kappa shape index (κ2) is 3.49. The van der Waals surface area contributed by atoms with Crippen LogP contribution in [0.1, 0.15) is 12.5 Å². The van der Waals surface area contributed by atoms with Gasteiger partial charge in [0.25, 0.3) is 0 Å². The van der Waals surface area contributed by atoms with Crippen molar-refractivity contribution < 1.29 is 0 Å². The number of aryl methyl sites for hydroxylation is 1. The van der Waals surface area contributed by atoms with Gasteiger partial charge in [-0.1, -0.05) is 24.3 Å². The monoisotopic (exact) mass is 188 g/mol. The van der Waals surface area contributed by atoms with Gasteiger partial charge < -0.3 is 5.73 Å². The molecule has 2 rings (SSSR count). The third kappa shape index (κ3) is 1.59. The van der Waals surface area contributed by atoms with Crippen LogP contribution in [0, 0.1) is 0 Å². The molecule has 72 valence electrons. The lowest BCUT2D eigenvalue weighted by Crippen LogP contribution is -1.94. The molecule has 0 bridgehead atoms. The summed E-state index contributed by atoms with van der Waals surface area (Å²) < 4.78 is 1.66. The van der Waals surface area contributed by atoms with Crippen molar-refractivity contribution in [2.24, 2.45) is 0 Å². The highest BCUT2D eigenvalue weighted by molar-refractivity contribution is 5.36. The number of aromatic nitrogens is 3. The van der Waals surface area contributed by atoms with E-state index in [1.165, 1.54) is 5.56 Å². The van der Waals surface area contributed by atoms with Crippen LogP contribution in [0.15, 0.2) is 30.5 Å². The molecule has 14 heavy (non-hydrogen) atoms. The number of hydrogen-bond acceptors (Lipinski definition) is 3. The molecule has 0 saturated carbocycles. The Bertz CT molecular complexity index is 416. The van der Waals surface area contributed by atoms with E-state index in [1.54, 1.807) is 10.9 Å². The normalized spacial score (nSPS) is 10.4. The van der Waals surface area contributed by atoms with Gasteiger partial charge in [-0.05, 0) is 24.1 Å². The fourth-order valence-corrected chi connectivity index (χ4v) is 1.29. The van der Waals surface area contributed by atoms with E-state index in [2.05, 4.69) is 29.4 Å². The Kier molecular flexibility index (Phi) is 2.18. The van der Waals surface area contributed by atoms with Crippen molar-refractivity contribution in [2.45, 2.75) is 13.3 Å². The largest absolute Gasteiger partial charge is 0.381 e. The average molecular weight is 188 g/mol. The van der Waals surface area contributed by atoms with Crippen molar-refractivity contribution in [3.05, 3.63) is 36.0 Å². The summed E-state index contributed by atoms with van der Waals surface area (Å²) in [6.45, 7) is 2.13. The van der Waals surface area contributed by atoms with Crippen LogP contribution in [0.3, 0.4) is 0 Å². The second-order valence-corrected chi connectivity index (χ2v) is 3.11. The summed E-state index contributed by atoms with van der Waals surface area (Å²) in [5.41, 5.74) is 7.76. The van der Waals surface area contributed by atoms with Crippen LogP contribution < -0.4 is 5.73 Å². The van der Waals surface area contributed by atoms with Crippen molar-refractivity contribution in [2.75, 3.05) is 5.73 Å². The number of hydrogen-bond donors (Lipinski definition) is 1. The van der Waals surface area contributed by atoms with Crippen molar-refractivity contribution in [3.8, 4) is 5.69 Å². The molecule has 0 aliphatic carbocycles. The maximum atomic E-state index is 5.48. The first-order valence-electron chi connectivity index (χ1n) is 4.56. The minimum absolute atomic E-state index is 0.435. The quantitative estimate of drug-likeness (QED) is 0.775. The summed E-state index contributed by atoms with van der Waals surface area (Å²) in [5.74, 6) is 0.435. The molecule has 4 heteroatoms. The summed E-state index contributed by atoms with van der Waals surface area (Å²) >= 11 is 0. The Hall–Kier alpha value is -1.84. The number of rotatable bonds is 2. The van der Waals surface area contributed by atoms with Crippen LogP contribution in [0.25, 0.3) is 5.69 Å². The van der Waals surface area contributed by atoms with Crippen LogP contribution in [-0.2, 0) is 6.42 Å². The van der Waals surface area contributed by atoms with Crippen molar-refractivity contribution >= 4 is 5.82 Å². The van der Waals surface area contributed by atoms with E-state index in [-0.39, 0.29) is 0 Å². The molecule has 1 aromatic heterocycles. The molecule has 0 saturated heterocycles. The number of nitrogen functional groups attached to an aromatic ring is 1. The number of benzene rings is 1. The molecule has 0 unspecified atom stereocenters. The summed E-state index contributed by atoms with van der Waals surface area (Å²) in [5, 5.41) is 7.61. The van der Waals surface area contributed by atoms with E-state index in [4.69, 9.17) is 5.73 Å². The Morgan fingerprint density at radius 2 is 2.00 bits per heavy atom. The van der Waals surface area contributed by atoms with Gasteiger partial charge in [0.05, 0.1) is 11.9 Å². The first-order chi connectivity index (χ1) is 6.79. The number of nitrogens with two attached hydrogens (primary N) is 1. The van der Waals surface area contributed by atoms with Crippen molar-refractivity contribution in [3.63, 3.8) is 0 Å². The van der Waals surface area contributed by atoms with Gasteiger partial charge >= 0.3 is 0 Å². The lowest BCUT2D eigenvalue weighted by Gasteiger charge is -2.00. The van der Waals surface area contributed by atoms with Gasteiger partial charge in [0, 0.05) is 0 Å². The zero-order valence-electron chi connectivity index (χ0n) is 8.01. The van der Waals surface area contributed by atoms with Gasteiger partial charge in [-0.25, -0.2) is 4.68 Å². The van der Waals surface area contributed by atoms with Crippen LogP contribution in [0.2, 0.25) is 0 Å². The van der Waals surface area contributed by atoms with Crippen molar-refractivity contribution in [1.29, 1.82) is 0 Å². The minimum atomic E-state index is 0.435. The van der Waals surface area contributed by atoms with E-state index in [0.29, 0.717) is 5.82 Å². The molecule has 0 spiro atoms. The van der Waals surface area contributed by atoms with Crippen LogP contribution >= 0.6 is 0 Å². The van der Waals surface area contributed by atoms with Crippen molar-refractivity contribution in [1.82, 2.24) is 15.0 Å². The van der Waals surface area contributed by atoms with E-state index in [0.717, 1.165) is 12.1 Å². The lowest BCUT2D eigenvalue weighted by molar-refractivity contribution is 0.803. The fraction of sp³-hybridized carbons (Fsp3) is 0.200. The van der Waals surface area contributed by atoms with Gasteiger partial charge in [0.15, 0.2) is 5.82 Å². The highest BCUT2D eigenvalue weighted by Crippen LogP contribution is 2.09. The average Bonchev–Trinajstić information content (AvgIpc) is 2.65. The predicted octanol–water partition coefficient (Wildman–Crippen LogP) is 1.41. The molecular weight excluding hydrogens is 176 g/mol. The van der Waals surface area contributed by atoms with Crippen LogP contribution in [0.5, 0.6) is 0 Å². The molecule has 0 amide bonds. The smallest absolute Gasteiger partial charge is 0.166 e. The Morgan fingerprint density at radius 3 is 2.50 bits per heavy atom. The molecule has 0 fully saturated rings. The lowest BCUT2D eigenvalue weighted by atomic mass is 10.1. The van der Waals surface area contributed by atoms with Gasteiger partial charge in [0.1, 0.15) is 0 Å². The first kappa shape index (κ1) is 8.74. The molecule has 0 aliphatic heterocycles. The maximum absolute atomic E-state index is 5.48. The molecule has 0 atom stereocenters. The second-order valence-electron chi connectivity index (χ2n) is 3.11. The number of nitrogens with zero attached hydrogens (tertiary/aromatic N) is 3. The van der Waals surface area contributed by atoms with Gasteiger partial charge in [-0.15, -0.1) is 5.10 Å². The topological polar surface area (TPSA) is 56.7 Å². The molecule has 0 radical (unpaired) electrons. The summed E-state index contributed by atoms with van der Waals surface area (Å²) in [6.07, 6.45) is 2.74. The molecule has 0 aliphatic rings. The summed E-state index contributed by atoms with van der Waals surface area (Å²) in [4.78, 5) is 0. The fourth-order valence-electron chi connectivity index (χ4n) is 1.29. The van der Waals surface area contributed by atoms with Crippen LogP contribution in [0.4, 0.5) is 5.82 Å². The highest BCUT2D eigenvalue weighted by Gasteiger charge is 1.98. The van der Waals surface area contributed by atoms with E-state index >= 15 is 0 Å².